The lowest BCUT2D eigenvalue weighted by Gasteiger charge is -2.09. The van der Waals surface area contributed by atoms with Gasteiger partial charge in [-0.3, -0.25) is 14.8 Å². The normalized spacial score (nSPS) is 12.6. The molecule has 0 bridgehead atoms. The van der Waals surface area contributed by atoms with E-state index in [0.717, 1.165) is 0 Å². The smallest absolute Gasteiger partial charge is 0.326 e. The Hall–Kier alpha value is -1.96. The summed E-state index contributed by atoms with van der Waals surface area (Å²) in [5, 5.41) is 22.0. The van der Waals surface area contributed by atoms with Crippen LogP contribution in [-0.2, 0) is 4.79 Å². The van der Waals surface area contributed by atoms with Crippen LogP contribution in [0.4, 0.5) is 0 Å². The van der Waals surface area contributed by atoms with Crippen LogP contribution in [0.5, 0.6) is 0 Å². The van der Waals surface area contributed by atoms with Crippen LogP contribution in [0.25, 0.3) is 11.5 Å². The maximum absolute atomic E-state index is 10.9. The third-order valence-corrected chi connectivity index (χ3v) is 2.48. The summed E-state index contributed by atoms with van der Waals surface area (Å²) in [5.41, 5.74) is 0.612. The molecule has 2 aromatic heterocycles. The summed E-state index contributed by atoms with van der Waals surface area (Å²) in [6, 6.07) is 0.903. The van der Waals surface area contributed by atoms with Gasteiger partial charge in [0.2, 0.25) is 0 Å². The summed E-state index contributed by atoms with van der Waals surface area (Å²) < 4.78 is 1.69. The number of aliphatic carboxylic acids is 1. The van der Waals surface area contributed by atoms with Gasteiger partial charge in [-0.1, -0.05) is 0 Å². The van der Waals surface area contributed by atoms with E-state index in [2.05, 4.69) is 20.4 Å². The fourth-order valence-electron chi connectivity index (χ4n) is 1.34. The number of carboxylic acid groups (broad SMARTS) is 1. The molecule has 0 unspecified atom stereocenters. The number of carboxylic acids is 1. The Morgan fingerprint density at radius 1 is 1.62 bits per heavy atom. The second-order valence-corrected chi connectivity index (χ2v) is 3.59. The molecule has 0 saturated carbocycles. The predicted molar refractivity (Wildman–Crippen MR) is 57.3 cm³/mol. The highest BCUT2D eigenvalue weighted by molar-refractivity contribution is 7.71. The Balaban J connectivity index is 2.57. The van der Waals surface area contributed by atoms with Gasteiger partial charge in [0, 0.05) is 6.20 Å². The molecule has 0 radical (unpaired) electrons. The number of rotatable bonds is 3. The first-order valence-electron chi connectivity index (χ1n) is 4.50. The third-order valence-electron chi connectivity index (χ3n) is 2.19. The lowest BCUT2D eigenvalue weighted by Crippen LogP contribution is -2.16. The minimum Gasteiger partial charge on any atom is -0.480 e. The van der Waals surface area contributed by atoms with E-state index in [1.54, 1.807) is 12.3 Å². The van der Waals surface area contributed by atoms with Crippen molar-refractivity contribution < 1.29 is 9.90 Å². The third kappa shape index (κ3) is 1.63. The average Bonchev–Trinajstić information content (AvgIpc) is 2.84. The molecular formula is C8H9N5O2S. The van der Waals surface area contributed by atoms with E-state index in [4.69, 9.17) is 17.3 Å². The molecule has 0 spiro atoms. The average molecular weight is 239 g/mol. The van der Waals surface area contributed by atoms with Gasteiger partial charge in [-0.25, -0.2) is 4.79 Å². The van der Waals surface area contributed by atoms with Gasteiger partial charge < -0.3 is 5.11 Å². The van der Waals surface area contributed by atoms with Crippen LogP contribution >= 0.6 is 12.2 Å². The van der Waals surface area contributed by atoms with Crippen molar-refractivity contribution in [2.45, 2.75) is 13.0 Å². The summed E-state index contributed by atoms with van der Waals surface area (Å²) in [6.45, 7) is 1.54. The minimum atomic E-state index is -0.974. The van der Waals surface area contributed by atoms with Crippen molar-refractivity contribution >= 4 is 18.2 Å². The maximum atomic E-state index is 10.9. The molecule has 2 heterocycles. The van der Waals surface area contributed by atoms with Gasteiger partial charge in [0.1, 0.15) is 11.7 Å². The number of nitrogens with one attached hydrogen (secondary N) is 2. The molecule has 0 aliphatic heterocycles. The van der Waals surface area contributed by atoms with Crippen molar-refractivity contribution in [3.8, 4) is 11.5 Å². The Morgan fingerprint density at radius 2 is 2.38 bits per heavy atom. The van der Waals surface area contributed by atoms with Gasteiger partial charge in [0.25, 0.3) is 0 Å². The molecule has 7 nitrogen and oxygen atoms in total. The molecular weight excluding hydrogens is 230 g/mol. The van der Waals surface area contributed by atoms with Gasteiger partial charge in [-0.2, -0.15) is 10.2 Å². The molecule has 84 valence electrons. The van der Waals surface area contributed by atoms with Crippen LogP contribution < -0.4 is 0 Å². The van der Waals surface area contributed by atoms with Crippen LogP contribution in [0.2, 0.25) is 0 Å². The fraction of sp³-hybridized carbons (Fsp3) is 0.250. The lowest BCUT2D eigenvalue weighted by atomic mass is 10.3. The number of hydrogen-bond donors (Lipinski definition) is 3. The highest BCUT2D eigenvalue weighted by Gasteiger charge is 2.20. The van der Waals surface area contributed by atoms with Gasteiger partial charge in [0.15, 0.2) is 10.6 Å². The van der Waals surface area contributed by atoms with Crippen molar-refractivity contribution in [3.63, 3.8) is 0 Å². The first-order valence-corrected chi connectivity index (χ1v) is 4.91. The zero-order valence-corrected chi connectivity index (χ0v) is 9.15. The summed E-state index contributed by atoms with van der Waals surface area (Å²) >= 11 is 4.99. The largest absolute Gasteiger partial charge is 0.480 e. The minimum absolute atomic E-state index is 0.263. The highest BCUT2D eigenvalue weighted by Crippen LogP contribution is 2.18. The van der Waals surface area contributed by atoms with Crippen molar-refractivity contribution in [2.75, 3.05) is 0 Å². The van der Waals surface area contributed by atoms with Crippen molar-refractivity contribution in [1.82, 2.24) is 25.0 Å². The fourth-order valence-corrected chi connectivity index (χ4v) is 1.64. The van der Waals surface area contributed by atoms with E-state index in [0.29, 0.717) is 11.5 Å². The van der Waals surface area contributed by atoms with Crippen LogP contribution in [-0.4, -0.2) is 36.0 Å². The topological polar surface area (TPSA) is 99.6 Å². The first kappa shape index (κ1) is 10.6. The SMILES string of the molecule is C[C@H](C(=O)O)n1c(-c2ccn[nH]2)n[nH]c1=S. The number of hydrogen-bond acceptors (Lipinski definition) is 4. The number of aromatic nitrogens is 5. The Labute approximate surface area is 95.1 Å². The molecule has 2 aromatic rings. The quantitative estimate of drug-likeness (QED) is 0.693. The Bertz CT molecular complexity index is 555. The molecule has 1 atom stereocenters. The monoisotopic (exact) mass is 239 g/mol. The number of H-pyrrole nitrogens is 2. The lowest BCUT2D eigenvalue weighted by molar-refractivity contribution is -0.140. The van der Waals surface area contributed by atoms with Crippen molar-refractivity contribution in [3.05, 3.63) is 17.0 Å². The zero-order valence-electron chi connectivity index (χ0n) is 8.34. The number of aromatic amines is 2. The number of carbonyl (C=O) groups is 1. The Morgan fingerprint density at radius 3 is 2.94 bits per heavy atom. The first-order chi connectivity index (χ1) is 7.61. The van der Waals surface area contributed by atoms with Crippen LogP contribution in [0, 0.1) is 4.77 Å². The van der Waals surface area contributed by atoms with Crippen LogP contribution in [0.1, 0.15) is 13.0 Å². The summed E-state index contributed by atoms with van der Waals surface area (Å²) in [6.07, 6.45) is 1.56. The van der Waals surface area contributed by atoms with Crippen LogP contribution in [0.15, 0.2) is 12.3 Å². The van der Waals surface area contributed by atoms with E-state index in [-0.39, 0.29) is 4.77 Å². The molecule has 0 saturated heterocycles. The van der Waals surface area contributed by atoms with Gasteiger partial charge in [-0.05, 0) is 25.2 Å². The van der Waals surface area contributed by atoms with E-state index in [9.17, 15) is 4.79 Å². The number of nitrogens with zero attached hydrogens (tertiary/aromatic N) is 3. The van der Waals surface area contributed by atoms with Crippen molar-refractivity contribution in [1.29, 1.82) is 0 Å². The second kappa shape index (κ2) is 3.89. The molecule has 8 heteroatoms. The van der Waals surface area contributed by atoms with E-state index >= 15 is 0 Å². The predicted octanol–water partition coefficient (Wildman–Crippen LogP) is 0.976. The molecule has 0 aliphatic rings. The second-order valence-electron chi connectivity index (χ2n) is 3.21. The van der Waals surface area contributed by atoms with Gasteiger partial charge >= 0.3 is 5.97 Å². The summed E-state index contributed by atoms with van der Waals surface area (Å²) in [4.78, 5) is 10.9. The maximum Gasteiger partial charge on any atom is 0.326 e. The standard InChI is InChI=1S/C8H9N5O2S/c1-4(7(14)15)13-6(11-12-8(13)16)5-2-3-9-10-5/h2-4H,1H3,(H,9,10)(H,12,16)(H,14,15)/t4-/m1/s1. The molecule has 2 rings (SSSR count). The molecule has 0 amide bonds. The molecule has 0 fully saturated rings. The Kier molecular flexibility index (Phi) is 2.57. The molecule has 16 heavy (non-hydrogen) atoms. The molecule has 0 aliphatic carbocycles. The van der Waals surface area contributed by atoms with Crippen molar-refractivity contribution in [2.24, 2.45) is 0 Å². The van der Waals surface area contributed by atoms with Gasteiger partial charge in [0.05, 0.1) is 0 Å². The zero-order chi connectivity index (χ0) is 11.7. The van der Waals surface area contributed by atoms with E-state index < -0.39 is 12.0 Å². The van der Waals surface area contributed by atoms with Crippen LogP contribution in [0.3, 0.4) is 0 Å². The van der Waals surface area contributed by atoms with E-state index in [1.165, 1.54) is 11.5 Å². The summed E-state index contributed by atoms with van der Waals surface area (Å²) in [7, 11) is 0. The summed E-state index contributed by atoms with van der Waals surface area (Å²) in [5.74, 6) is -0.546. The van der Waals surface area contributed by atoms with Gasteiger partial charge in [-0.15, -0.1) is 0 Å². The highest BCUT2D eigenvalue weighted by atomic mass is 32.1. The molecule has 0 aromatic carbocycles. The van der Waals surface area contributed by atoms with E-state index in [1.807, 2.05) is 0 Å². The molecule has 3 N–H and O–H groups in total.